The Morgan fingerprint density at radius 2 is 1.82 bits per heavy atom. The van der Waals surface area contributed by atoms with Crippen molar-refractivity contribution in [2.45, 2.75) is 69.5 Å². The molecular weight excluding hydrogens is 276 g/mol. The summed E-state index contributed by atoms with van der Waals surface area (Å²) in [5, 5.41) is 12.6. The number of piperazine rings is 1. The fraction of sp³-hybridized carbons (Fsp3) is 0.882. The molecule has 22 heavy (non-hydrogen) atoms. The van der Waals surface area contributed by atoms with Gasteiger partial charge in [0.15, 0.2) is 0 Å². The van der Waals surface area contributed by atoms with Crippen LogP contribution in [0, 0.1) is 11.3 Å². The molecule has 0 aromatic heterocycles. The first-order valence-electron chi connectivity index (χ1n) is 8.85. The van der Waals surface area contributed by atoms with Gasteiger partial charge in [0.2, 0.25) is 5.91 Å². The van der Waals surface area contributed by atoms with E-state index in [1.807, 2.05) is 6.92 Å². The lowest BCUT2D eigenvalue weighted by atomic mass is 9.82. The van der Waals surface area contributed by atoms with E-state index in [2.05, 4.69) is 21.2 Å². The van der Waals surface area contributed by atoms with Crippen molar-refractivity contribution in [2.75, 3.05) is 26.2 Å². The van der Waals surface area contributed by atoms with Crippen LogP contribution in [0.5, 0.6) is 0 Å². The van der Waals surface area contributed by atoms with Gasteiger partial charge in [-0.25, -0.2) is 0 Å². The minimum Gasteiger partial charge on any atom is -0.336 e. The van der Waals surface area contributed by atoms with Gasteiger partial charge in [0.25, 0.3) is 0 Å². The van der Waals surface area contributed by atoms with E-state index in [0.29, 0.717) is 0 Å². The van der Waals surface area contributed by atoms with Crippen molar-refractivity contribution in [1.29, 1.82) is 5.26 Å². The summed E-state index contributed by atoms with van der Waals surface area (Å²) < 4.78 is 0. The maximum Gasteiger partial charge on any atom is 0.238 e. The van der Waals surface area contributed by atoms with Crippen molar-refractivity contribution >= 4 is 5.91 Å². The lowest BCUT2D eigenvalue weighted by Crippen LogP contribution is -2.58. The second kappa shape index (κ2) is 6.55. The topological polar surface area (TPSA) is 59.4 Å². The van der Waals surface area contributed by atoms with Gasteiger partial charge in [-0.15, -0.1) is 0 Å². The summed E-state index contributed by atoms with van der Waals surface area (Å²) in [6.45, 7) is 6.06. The molecule has 1 unspecified atom stereocenters. The first-order chi connectivity index (χ1) is 10.6. The summed E-state index contributed by atoms with van der Waals surface area (Å²) in [6.07, 6.45) is 7.57. The van der Waals surface area contributed by atoms with Crippen LogP contribution in [-0.2, 0) is 4.79 Å². The summed E-state index contributed by atoms with van der Waals surface area (Å²) in [4.78, 5) is 17.4. The molecule has 0 aromatic rings. The molecule has 122 valence electrons. The van der Waals surface area contributed by atoms with Crippen LogP contribution in [0.3, 0.4) is 0 Å². The van der Waals surface area contributed by atoms with Crippen molar-refractivity contribution in [3.8, 4) is 6.07 Å². The average Bonchev–Trinajstić information content (AvgIpc) is 3.40. The average molecular weight is 304 g/mol. The molecule has 5 heteroatoms. The molecule has 5 nitrogen and oxygen atoms in total. The molecule has 0 bridgehead atoms. The standard InChI is InChI=1S/C17H28N4O/c1-14(20-9-11-21(12-10-20)15-5-6-15)16(22)19-17(13-18)7-3-2-4-8-17/h14-15H,2-12H2,1H3,(H,19,22). The van der Waals surface area contributed by atoms with Crippen LogP contribution in [0.2, 0.25) is 0 Å². The number of hydrogen-bond donors (Lipinski definition) is 1. The Labute approximate surface area is 133 Å². The van der Waals surface area contributed by atoms with Crippen molar-refractivity contribution in [3.63, 3.8) is 0 Å². The molecule has 2 saturated carbocycles. The van der Waals surface area contributed by atoms with E-state index < -0.39 is 5.54 Å². The lowest BCUT2D eigenvalue weighted by molar-refractivity contribution is -0.128. The van der Waals surface area contributed by atoms with E-state index in [9.17, 15) is 10.1 Å². The number of nitrogens with one attached hydrogen (secondary N) is 1. The number of carbonyl (C=O) groups excluding carboxylic acids is 1. The highest BCUT2D eigenvalue weighted by atomic mass is 16.2. The Morgan fingerprint density at radius 3 is 2.36 bits per heavy atom. The summed E-state index contributed by atoms with van der Waals surface area (Å²) in [6, 6.07) is 3.06. The highest BCUT2D eigenvalue weighted by Crippen LogP contribution is 2.29. The van der Waals surface area contributed by atoms with Crippen LogP contribution in [-0.4, -0.2) is 59.5 Å². The first-order valence-corrected chi connectivity index (χ1v) is 8.85. The highest BCUT2D eigenvalue weighted by molar-refractivity contribution is 5.82. The van der Waals surface area contributed by atoms with Gasteiger partial charge >= 0.3 is 0 Å². The summed E-state index contributed by atoms with van der Waals surface area (Å²) in [5.41, 5.74) is -0.612. The molecule has 1 heterocycles. The molecule has 1 N–H and O–H groups in total. The number of amides is 1. The van der Waals surface area contributed by atoms with Crippen molar-refractivity contribution in [1.82, 2.24) is 15.1 Å². The third-order valence-electron chi connectivity index (χ3n) is 5.62. The SMILES string of the molecule is CC(C(=O)NC1(C#N)CCCCC1)N1CCN(C2CC2)CC1. The zero-order valence-corrected chi connectivity index (χ0v) is 13.7. The van der Waals surface area contributed by atoms with Crippen molar-refractivity contribution < 1.29 is 4.79 Å². The van der Waals surface area contributed by atoms with Crippen LogP contribution in [0.25, 0.3) is 0 Å². The fourth-order valence-corrected chi connectivity index (χ4v) is 3.86. The van der Waals surface area contributed by atoms with Gasteiger partial charge in [-0.1, -0.05) is 19.3 Å². The van der Waals surface area contributed by atoms with Crippen LogP contribution in [0.15, 0.2) is 0 Å². The molecule has 3 fully saturated rings. The molecule has 3 aliphatic rings. The molecule has 1 saturated heterocycles. The Balaban J connectivity index is 1.52. The molecule has 1 atom stereocenters. The normalized spacial score (nSPS) is 27.8. The number of carbonyl (C=O) groups is 1. The minimum atomic E-state index is -0.612. The van der Waals surface area contributed by atoms with Crippen LogP contribution < -0.4 is 5.32 Å². The highest BCUT2D eigenvalue weighted by Gasteiger charge is 2.37. The van der Waals surface area contributed by atoms with E-state index in [4.69, 9.17) is 0 Å². The van der Waals surface area contributed by atoms with Gasteiger partial charge in [-0.2, -0.15) is 5.26 Å². The number of nitrogens with zero attached hydrogens (tertiary/aromatic N) is 3. The van der Waals surface area contributed by atoms with Gasteiger partial charge in [-0.05, 0) is 32.6 Å². The Morgan fingerprint density at radius 1 is 1.18 bits per heavy atom. The van der Waals surface area contributed by atoms with Gasteiger partial charge in [0, 0.05) is 32.2 Å². The predicted octanol–water partition coefficient (Wildman–Crippen LogP) is 1.50. The van der Waals surface area contributed by atoms with E-state index in [1.165, 1.54) is 19.3 Å². The summed E-state index contributed by atoms with van der Waals surface area (Å²) in [5.74, 6) is 0.0309. The molecule has 0 spiro atoms. The van der Waals surface area contributed by atoms with Crippen molar-refractivity contribution in [2.24, 2.45) is 0 Å². The van der Waals surface area contributed by atoms with Crippen LogP contribution in [0.1, 0.15) is 51.9 Å². The quantitative estimate of drug-likeness (QED) is 0.855. The predicted molar refractivity (Wildman–Crippen MR) is 85.2 cm³/mol. The summed E-state index contributed by atoms with van der Waals surface area (Å²) >= 11 is 0. The van der Waals surface area contributed by atoms with E-state index >= 15 is 0 Å². The van der Waals surface area contributed by atoms with Gasteiger partial charge in [0.1, 0.15) is 5.54 Å². The molecule has 0 aromatic carbocycles. The number of nitriles is 1. The maximum absolute atomic E-state index is 12.6. The minimum absolute atomic E-state index is 0.0309. The van der Waals surface area contributed by atoms with Crippen molar-refractivity contribution in [3.05, 3.63) is 0 Å². The molecule has 2 aliphatic carbocycles. The summed E-state index contributed by atoms with van der Waals surface area (Å²) in [7, 11) is 0. The zero-order valence-electron chi connectivity index (χ0n) is 13.7. The maximum atomic E-state index is 12.6. The van der Waals surface area contributed by atoms with Gasteiger partial charge in [-0.3, -0.25) is 14.6 Å². The number of rotatable bonds is 4. The van der Waals surface area contributed by atoms with E-state index in [0.717, 1.165) is 57.9 Å². The molecular formula is C17H28N4O. The first kappa shape index (κ1) is 15.8. The second-order valence-corrected chi connectivity index (χ2v) is 7.22. The van der Waals surface area contributed by atoms with E-state index in [1.54, 1.807) is 0 Å². The molecule has 3 rings (SSSR count). The van der Waals surface area contributed by atoms with E-state index in [-0.39, 0.29) is 11.9 Å². The zero-order chi connectivity index (χ0) is 15.6. The Bertz CT molecular complexity index is 440. The fourth-order valence-electron chi connectivity index (χ4n) is 3.86. The Hall–Kier alpha value is -1.12. The Kier molecular flexibility index (Phi) is 4.70. The third kappa shape index (κ3) is 3.44. The van der Waals surface area contributed by atoms with Gasteiger partial charge < -0.3 is 5.32 Å². The molecule has 0 radical (unpaired) electrons. The molecule has 1 amide bonds. The van der Waals surface area contributed by atoms with Gasteiger partial charge in [0.05, 0.1) is 12.1 Å². The third-order valence-corrected chi connectivity index (χ3v) is 5.62. The van der Waals surface area contributed by atoms with Crippen LogP contribution >= 0.6 is 0 Å². The largest absolute Gasteiger partial charge is 0.336 e. The molecule has 1 aliphatic heterocycles. The smallest absolute Gasteiger partial charge is 0.238 e. The monoisotopic (exact) mass is 304 g/mol. The lowest BCUT2D eigenvalue weighted by Gasteiger charge is -2.39. The second-order valence-electron chi connectivity index (χ2n) is 7.22. The number of hydrogen-bond acceptors (Lipinski definition) is 4. The van der Waals surface area contributed by atoms with Crippen LogP contribution in [0.4, 0.5) is 0 Å².